The summed E-state index contributed by atoms with van der Waals surface area (Å²) in [6, 6.07) is 2.12. The zero-order valence-corrected chi connectivity index (χ0v) is 10.3. The molecular weight excluding hydrogens is 214 g/mol. The molecule has 0 spiro atoms. The van der Waals surface area contributed by atoms with Crippen LogP contribution < -0.4 is 4.74 Å². The molecule has 1 rings (SSSR count). The van der Waals surface area contributed by atoms with Gasteiger partial charge in [0.2, 0.25) is 0 Å². The fourth-order valence-corrected chi connectivity index (χ4v) is 1.55. The molecule has 0 fully saturated rings. The van der Waals surface area contributed by atoms with E-state index >= 15 is 0 Å². The molecule has 1 atom stereocenters. The molecule has 0 amide bonds. The smallest absolute Gasteiger partial charge is 0.253 e. The number of hydrogen-bond donors (Lipinski definition) is 0. The molecular formula is C13H15N3O. The lowest BCUT2D eigenvalue weighted by molar-refractivity contribution is 0.263. The molecule has 0 aliphatic heterocycles. The first-order valence-electron chi connectivity index (χ1n) is 5.59. The van der Waals surface area contributed by atoms with Crippen LogP contribution >= 0.6 is 0 Å². The molecule has 0 saturated heterocycles. The second-order valence-electron chi connectivity index (χ2n) is 3.55. The van der Waals surface area contributed by atoms with Gasteiger partial charge in [-0.25, -0.2) is 0 Å². The van der Waals surface area contributed by atoms with E-state index in [9.17, 15) is 5.26 Å². The van der Waals surface area contributed by atoms with E-state index in [0.717, 1.165) is 24.1 Å². The first kappa shape index (κ1) is 13.0. The van der Waals surface area contributed by atoms with Crippen LogP contribution in [0.25, 0.3) is 0 Å². The summed E-state index contributed by atoms with van der Waals surface area (Å²) in [4.78, 5) is 0. The summed E-state index contributed by atoms with van der Waals surface area (Å²) in [5, 5.41) is 17.2. The fourth-order valence-electron chi connectivity index (χ4n) is 1.55. The second kappa shape index (κ2) is 5.86. The number of aryl methyl sites for hydroxylation is 1. The van der Waals surface area contributed by atoms with Crippen LogP contribution in [-0.2, 0) is 12.8 Å². The second-order valence-corrected chi connectivity index (χ2v) is 3.55. The molecule has 1 unspecified atom stereocenters. The third-order valence-electron chi connectivity index (χ3n) is 2.45. The minimum Gasteiger partial charge on any atom is -0.459 e. The highest BCUT2D eigenvalue weighted by atomic mass is 16.5. The monoisotopic (exact) mass is 229 g/mol. The molecule has 0 aliphatic carbocycles. The molecule has 1 aromatic rings. The predicted octanol–water partition coefficient (Wildman–Crippen LogP) is 1.87. The maximum absolute atomic E-state index is 9.19. The van der Waals surface area contributed by atoms with Crippen LogP contribution in [0.5, 0.6) is 5.88 Å². The van der Waals surface area contributed by atoms with Gasteiger partial charge >= 0.3 is 0 Å². The number of terminal acetylenes is 1. The van der Waals surface area contributed by atoms with Crippen molar-refractivity contribution in [2.45, 2.75) is 39.7 Å². The topological polar surface area (TPSA) is 58.8 Å². The van der Waals surface area contributed by atoms with Gasteiger partial charge in [0.05, 0.1) is 5.69 Å². The molecule has 4 nitrogen and oxygen atoms in total. The van der Waals surface area contributed by atoms with Crippen molar-refractivity contribution in [2.75, 3.05) is 0 Å². The van der Waals surface area contributed by atoms with Gasteiger partial charge in [-0.2, -0.15) is 10.4 Å². The summed E-state index contributed by atoms with van der Waals surface area (Å²) in [5.41, 5.74) is 2.18. The number of nitrogens with zero attached hydrogens (tertiary/aromatic N) is 3. The molecule has 88 valence electrons. The van der Waals surface area contributed by atoms with Crippen LogP contribution in [0.2, 0.25) is 0 Å². The lowest BCUT2D eigenvalue weighted by Crippen LogP contribution is -2.13. The maximum Gasteiger partial charge on any atom is 0.253 e. The van der Waals surface area contributed by atoms with Crippen LogP contribution in [0.15, 0.2) is 0 Å². The summed E-state index contributed by atoms with van der Waals surface area (Å²) < 4.78 is 5.40. The third kappa shape index (κ3) is 2.73. The van der Waals surface area contributed by atoms with Crippen molar-refractivity contribution in [3.05, 3.63) is 16.8 Å². The van der Waals surface area contributed by atoms with Gasteiger partial charge in [0.25, 0.3) is 5.88 Å². The van der Waals surface area contributed by atoms with Crippen molar-refractivity contribution in [1.29, 1.82) is 5.26 Å². The summed E-state index contributed by atoms with van der Waals surface area (Å²) in [6.45, 7) is 5.68. The van der Waals surface area contributed by atoms with Crippen molar-refractivity contribution >= 4 is 0 Å². The molecule has 1 aromatic heterocycles. The number of nitriles is 1. The van der Waals surface area contributed by atoms with Crippen molar-refractivity contribution in [1.82, 2.24) is 10.2 Å². The van der Waals surface area contributed by atoms with E-state index in [0.29, 0.717) is 5.56 Å². The SMILES string of the molecule is C#CC(C)Oc1nnc(CC)c(CC)c1C#N. The Morgan fingerprint density at radius 2 is 2.06 bits per heavy atom. The van der Waals surface area contributed by atoms with Crippen LogP contribution in [-0.4, -0.2) is 16.3 Å². The average Bonchev–Trinajstić information content (AvgIpc) is 2.37. The van der Waals surface area contributed by atoms with Gasteiger partial charge in [0.1, 0.15) is 11.6 Å². The minimum atomic E-state index is -0.423. The standard InChI is InChI=1S/C13H15N3O/c1-5-9(4)17-13-11(8-14)10(6-2)12(7-3)15-16-13/h1,9H,6-7H2,2-4H3. The van der Waals surface area contributed by atoms with Crippen LogP contribution in [0, 0.1) is 23.7 Å². The highest BCUT2D eigenvalue weighted by Gasteiger charge is 2.16. The zero-order chi connectivity index (χ0) is 12.8. The Bertz CT molecular complexity index is 483. The Kier molecular flexibility index (Phi) is 4.48. The Balaban J connectivity index is 3.26. The lowest BCUT2D eigenvalue weighted by atomic mass is 10.0. The first-order valence-corrected chi connectivity index (χ1v) is 5.59. The Morgan fingerprint density at radius 3 is 2.53 bits per heavy atom. The van der Waals surface area contributed by atoms with E-state index in [4.69, 9.17) is 11.2 Å². The molecule has 4 heteroatoms. The Hall–Kier alpha value is -2.07. The minimum absolute atomic E-state index is 0.229. The van der Waals surface area contributed by atoms with Gasteiger partial charge in [-0.15, -0.1) is 11.5 Å². The van der Waals surface area contributed by atoms with Gasteiger partial charge in [0, 0.05) is 0 Å². The summed E-state index contributed by atoms with van der Waals surface area (Å²) >= 11 is 0. The highest BCUT2D eigenvalue weighted by Crippen LogP contribution is 2.22. The van der Waals surface area contributed by atoms with E-state index in [-0.39, 0.29) is 5.88 Å². The predicted molar refractivity (Wildman–Crippen MR) is 64.4 cm³/mol. The van der Waals surface area contributed by atoms with Crippen molar-refractivity contribution < 1.29 is 4.74 Å². The normalized spacial score (nSPS) is 11.4. The van der Waals surface area contributed by atoms with Gasteiger partial charge in [-0.05, 0) is 25.3 Å². The zero-order valence-electron chi connectivity index (χ0n) is 10.3. The molecule has 17 heavy (non-hydrogen) atoms. The van der Waals surface area contributed by atoms with Crippen molar-refractivity contribution in [2.24, 2.45) is 0 Å². The molecule has 0 aliphatic rings. The van der Waals surface area contributed by atoms with E-state index in [1.807, 2.05) is 13.8 Å². The van der Waals surface area contributed by atoms with Crippen molar-refractivity contribution in [3.8, 4) is 24.3 Å². The fraction of sp³-hybridized carbons (Fsp3) is 0.462. The summed E-state index contributed by atoms with van der Waals surface area (Å²) in [5.74, 6) is 2.66. The van der Waals surface area contributed by atoms with E-state index in [1.165, 1.54) is 0 Å². The van der Waals surface area contributed by atoms with Crippen LogP contribution in [0.4, 0.5) is 0 Å². The molecule has 0 aromatic carbocycles. The lowest BCUT2D eigenvalue weighted by Gasteiger charge is -2.12. The van der Waals surface area contributed by atoms with Crippen LogP contribution in [0.1, 0.15) is 37.6 Å². The largest absolute Gasteiger partial charge is 0.459 e. The number of aromatic nitrogens is 2. The quantitative estimate of drug-likeness (QED) is 0.739. The van der Waals surface area contributed by atoms with Crippen LogP contribution in [0.3, 0.4) is 0 Å². The van der Waals surface area contributed by atoms with E-state index < -0.39 is 6.10 Å². The Morgan fingerprint density at radius 1 is 1.35 bits per heavy atom. The van der Waals surface area contributed by atoms with Gasteiger partial charge in [-0.3, -0.25) is 0 Å². The molecule has 0 radical (unpaired) electrons. The summed E-state index contributed by atoms with van der Waals surface area (Å²) in [7, 11) is 0. The first-order chi connectivity index (χ1) is 8.17. The molecule has 0 saturated carbocycles. The highest BCUT2D eigenvalue weighted by molar-refractivity contribution is 5.46. The van der Waals surface area contributed by atoms with E-state index in [2.05, 4.69) is 22.2 Å². The van der Waals surface area contributed by atoms with Gasteiger partial charge < -0.3 is 4.74 Å². The van der Waals surface area contributed by atoms with Gasteiger partial charge in [-0.1, -0.05) is 19.8 Å². The van der Waals surface area contributed by atoms with E-state index in [1.54, 1.807) is 6.92 Å². The van der Waals surface area contributed by atoms with Gasteiger partial charge in [0.15, 0.2) is 6.10 Å². The Labute approximate surface area is 102 Å². The molecule has 1 heterocycles. The maximum atomic E-state index is 9.19. The van der Waals surface area contributed by atoms with Crippen molar-refractivity contribution in [3.63, 3.8) is 0 Å². The molecule has 0 N–H and O–H groups in total. The number of ether oxygens (including phenoxy) is 1. The summed E-state index contributed by atoms with van der Waals surface area (Å²) in [6.07, 6.45) is 6.28. The third-order valence-corrected chi connectivity index (χ3v) is 2.45. The average molecular weight is 229 g/mol. The molecule has 0 bridgehead atoms. The number of hydrogen-bond acceptors (Lipinski definition) is 4. The number of rotatable bonds is 4.